The van der Waals surface area contributed by atoms with Gasteiger partial charge in [0.1, 0.15) is 5.60 Å². The zero-order valence-corrected chi connectivity index (χ0v) is 17.7. The number of ether oxygens (including phenoxy) is 1. The third-order valence-electron chi connectivity index (χ3n) is 9.29. The molecular weight excluding hydrogens is 360 g/mol. The Kier molecular flexibility index (Phi) is 4.77. The average molecular weight is 393 g/mol. The van der Waals surface area contributed by atoms with Gasteiger partial charge in [0.25, 0.3) is 0 Å². The summed E-state index contributed by atoms with van der Waals surface area (Å²) >= 11 is 4.64. The van der Waals surface area contributed by atoms with Gasteiger partial charge < -0.3 is 4.74 Å². The summed E-state index contributed by atoms with van der Waals surface area (Å²) in [6.07, 6.45) is 13.8. The molecule has 4 fully saturated rings. The van der Waals surface area contributed by atoms with Crippen molar-refractivity contribution in [2.24, 2.45) is 28.6 Å². The summed E-state index contributed by atoms with van der Waals surface area (Å²) in [6.45, 7) is 4.86. The topological polar surface area (TPSA) is 43.4 Å². The number of rotatable bonds is 0. The van der Waals surface area contributed by atoms with E-state index in [4.69, 9.17) is 4.74 Å². The molecule has 0 radical (unpaired) electrons. The third kappa shape index (κ3) is 2.59. The van der Waals surface area contributed by atoms with Gasteiger partial charge >= 0.3 is 5.97 Å². The van der Waals surface area contributed by atoms with Crippen molar-refractivity contribution < 1.29 is 14.3 Å². The Balaban J connectivity index is 0.000000872. The van der Waals surface area contributed by atoms with Crippen molar-refractivity contribution in [2.75, 3.05) is 6.38 Å². The molecule has 4 heteroatoms. The molecule has 0 amide bonds. The minimum atomic E-state index is -0.167. The molecule has 5 rings (SSSR count). The van der Waals surface area contributed by atoms with Crippen LogP contribution >= 0.6 is 11.6 Å². The maximum absolute atomic E-state index is 11.9. The van der Waals surface area contributed by atoms with E-state index in [-0.39, 0.29) is 22.4 Å². The highest BCUT2D eigenvalue weighted by molar-refractivity contribution is 6.15. The molecule has 1 spiro atoms. The van der Waals surface area contributed by atoms with Crippen LogP contribution in [-0.4, -0.2) is 23.7 Å². The number of halogens is 1. The molecule has 150 valence electrons. The summed E-state index contributed by atoms with van der Waals surface area (Å²) in [5, 5.41) is 0. The number of ketones is 1. The van der Waals surface area contributed by atoms with Gasteiger partial charge in [0.15, 0.2) is 5.78 Å². The average Bonchev–Trinajstić information content (AvgIpc) is 3.18. The standard InChI is InChI=1S/C22H30O3.CH3Cl/c1-20-9-5-15(23)13-14(20)3-4-16-17(20)6-10-21(2)18(16)7-11-22(21)12-8-19(24)25-22;1-2/h13,16-18H,3-12H2,1-2H3;1H3/t16?,17?,18?,20?,21?,22-;/m1./s1. The van der Waals surface area contributed by atoms with Gasteiger partial charge in [0, 0.05) is 24.6 Å². The van der Waals surface area contributed by atoms with Crippen molar-refractivity contribution in [1.29, 1.82) is 0 Å². The van der Waals surface area contributed by atoms with Gasteiger partial charge in [-0.1, -0.05) is 19.4 Å². The van der Waals surface area contributed by atoms with Crippen LogP contribution in [-0.2, 0) is 14.3 Å². The van der Waals surface area contributed by atoms with Crippen LogP contribution in [0.3, 0.4) is 0 Å². The van der Waals surface area contributed by atoms with Gasteiger partial charge in [-0.05, 0) is 80.6 Å². The highest BCUT2D eigenvalue weighted by Crippen LogP contribution is 2.69. The molecule has 1 saturated heterocycles. The Morgan fingerprint density at radius 2 is 1.67 bits per heavy atom. The molecule has 5 aliphatic rings. The third-order valence-corrected chi connectivity index (χ3v) is 9.29. The molecule has 0 aromatic carbocycles. The van der Waals surface area contributed by atoms with E-state index in [0.29, 0.717) is 24.0 Å². The molecule has 0 N–H and O–H groups in total. The van der Waals surface area contributed by atoms with Crippen molar-refractivity contribution in [3.05, 3.63) is 11.6 Å². The monoisotopic (exact) mass is 392 g/mol. The quantitative estimate of drug-likeness (QED) is 0.406. The van der Waals surface area contributed by atoms with Crippen molar-refractivity contribution in [1.82, 2.24) is 0 Å². The zero-order chi connectivity index (χ0) is 19.4. The van der Waals surface area contributed by atoms with Gasteiger partial charge in [-0.15, -0.1) is 11.6 Å². The minimum absolute atomic E-state index is 0.0237. The lowest BCUT2D eigenvalue weighted by molar-refractivity contribution is -0.168. The van der Waals surface area contributed by atoms with Gasteiger partial charge in [0.05, 0.1) is 0 Å². The predicted molar refractivity (Wildman–Crippen MR) is 107 cm³/mol. The summed E-state index contributed by atoms with van der Waals surface area (Å²) in [5.74, 6) is 2.51. The second kappa shape index (κ2) is 6.61. The summed E-state index contributed by atoms with van der Waals surface area (Å²) in [7, 11) is 0. The van der Waals surface area contributed by atoms with Crippen molar-refractivity contribution in [3.63, 3.8) is 0 Å². The van der Waals surface area contributed by atoms with Gasteiger partial charge in [-0.2, -0.15) is 0 Å². The molecule has 0 bridgehead atoms. The van der Waals surface area contributed by atoms with Crippen LogP contribution in [0.2, 0.25) is 0 Å². The first-order chi connectivity index (χ1) is 12.9. The van der Waals surface area contributed by atoms with Gasteiger partial charge in [0.2, 0.25) is 0 Å². The fourth-order valence-corrected chi connectivity index (χ4v) is 7.85. The normalized spacial score (nSPS) is 48.0. The van der Waals surface area contributed by atoms with Crippen molar-refractivity contribution in [2.45, 2.75) is 83.7 Å². The number of carbonyl (C=O) groups is 2. The molecule has 0 aromatic rings. The summed E-state index contributed by atoms with van der Waals surface area (Å²) in [5.41, 5.74) is 1.68. The van der Waals surface area contributed by atoms with E-state index >= 15 is 0 Å². The lowest BCUT2D eigenvalue weighted by Crippen LogP contribution is -2.54. The van der Waals surface area contributed by atoms with E-state index in [9.17, 15) is 9.59 Å². The summed E-state index contributed by atoms with van der Waals surface area (Å²) in [6, 6.07) is 0. The lowest BCUT2D eigenvalue weighted by Gasteiger charge is -2.59. The second-order valence-electron chi connectivity index (χ2n) is 9.93. The van der Waals surface area contributed by atoms with Crippen LogP contribution in [0.4, 0.5) is 0 Å². The zero-order valence-electron chi connectivity index (χ0n) is 17.0. The summed E-state index contributed by atoms with van der Waals surface area (Å²) < 4.78 is 6.01. The van der Waals surface area contributed by atoms with Gasteiger partial charge in [-0.25, -0.2) is 0 Å². The molecule has 0 aromatic heterocycles. The van der Waals surface area contributed by atoms with Crippen LogP contribution in [0.15, 0.2) is 11.6 Å². The van der Waals surface area contributed by atoms with Crippen molar-refractivity contribution in [3.8, 4) is 0 Å². The lowest BCUT2D eigenvalue weighted by atomic mass is 9.46. The maximum atomic E-state index is 11.9. The summed E-state index contributed by atoms with van der Waals surface area (Å²) in [4.78, 5) is 23.8. The Labute approximate surface area is 168 Å². The Morgan fingerprint density at radius 1 is 0.926 bits per heavy atom. The van der Waals surface area contributed by atoms with E-state index in [1.54, 1.807) is 0 Å². The van der Waals surface area contributed by atoms with Crippen LogP contribution in [0, 0.1) is 28.6 Å². The highest BCUT2D eigenvalue weighted by Gasteiger charge is 2.66. The maximum Gasteiger partial charge on any atom is 0.306 e. The van der Waals surface area contributed by atoms with E-state index < -0.39 is 0 Å². The molecule has 4 aliphatic carbocycles. The number of alkyl halides is 1. The second-order valence-corrected chi connectivity index (χ2v) is 9.93. The Bertz CT molecular complexity index is 685. The smallest absolute Gasteiger partial charge is 0.306 e. The molecule has 5 unspecified atom stereocenters. The largest absolute Gasteiger partial charge is 0.458 e. The SMILES string of the molecule is CC12CCC(=O)C=C1CCC1C2CCC2(C)C1CC[C@@]21CCC(=O)O1.CCl. The number of fused-ring (bicyclic) bond motifs is 6. The van der Waals surface area contributed by atoms with E-state index in [1.165, 1.54) is 37.6 Å². The molecule has 3 saturated carbocycles. The minimum Gasteiger partial charge on any atom is -0.458 e. The van der Waals surface area contributed by atoms with Crippen LogP contribution in [0.25, 0.3) is 0 Å². The number of allylic oxidation sites excluding steroid dienone is 1. The van der Waals surface area contributed by atoms with Crippen LogP contribution in [0.1, 0.15) is 78.1 Å². The first-order valence-electron chi connectivity index (χ1n) is 10.7. The fraction of sp³-hybridized carbons (Fsp3) is 0.826. The van der Waals surface area contributed by atoms with Crippen LogP contribution < -0.4 is 0 Å². The van der Waals surface area contributed by atoms with E-state index in [2.05, 4.69) is 25.4 Å². The molecular formula is C23H33ClO3. The predicted octanol–water partition coefficient (Wildman–Crippen LogP) is 5.45. The molecule has 6 atom stereocenters. The number of hydrogen-bond acceptors (Lipinski definition) is 3. The number of carbonyl (C=O) groups excluding carboxylic acids is 2. The highest BCUT2D eigenvalue weighted by atomic mass is 35.5. The fourth-order valence-electron chi connectivity index (χ4n) is 7.85. The molecule has 3 nitrogen and oxygen atoms in total. The van der Waals surface area contributed by atoms with Crippen molar-refractivity contribution >= 4 is 23.4 Å². The molecule has 1 aliphatic heterocycles. The van der Waals surface area contributed by atoms with E-state index in [1.807, 2.05) is 6.08 Å². The first kappa shape index (κ1) is 19.5. The Morgan fingerprint density at radius 3 is 2.37 bits per heavy atom. The number of hydrogen-bond donors (Lipinski definition) is 0. The van der Waals surface area contributed by atoms with Gasteiger partial charge in [-0.3, -0.25) is 9.59 Å². The number of esters is 1. The molecule has 27 heavy (non-hydrogen) atoms. The molecule has 1 heterocycles. The Hall–Kier alpha value is -0.830. The van der Waals surface area contributed by atoms with E-state index in [0.717, 1.165) is 38.0 Å². The van der Waals surface area contributed by atoms with Crippen LogP contribution in [0.5, 0.6) is 0 Å². The first-order valence-corrected chi connectivity index (χ1v) is 11.5.